The normalized spacial score (nSPS) is 11.2. The molecule has 0 saturated heterocycles. The van der Waals surface area contributed by atoms with E-state index < -0.39 is 18.7 Å². The van der Waals surface area contributed by atoms with Crippen molar-refractivity contribution in [2.24, 2.45) is 0 Å². The first kappa shape index (κ1) is 17.2. The van der Waals surface area contributed by atoms with Gasteiger partial charge in [0.1, 0.15) is 12.4 Å². The van der Waals surface area contributed by atoms with Crippen molar-refractivity contribution in [1.82, 2.24) is 15.5 Å². The smallest absolute Gasteiger partial charge is 0.370 e. The number of rotatable bonds is 8. The van der Waals surface area contributed by atoms with E-state index in [2.05, 4.69) is 25.6 Å². The van der Waals surface area contributed by atoms with Gasteiger partial charge in [-0.2, -0.15) is 13.2 Å². The Morgan fingerprint density at radius 1 is 1.29 bits per heavy atom. The molecule has 0 aliphatic rings. The minimum Gasteiger partial charge on any atom is -0.370 e. The highest BCUT2D eigenvalue weighted by Crippen LogP contribution is 2.13. The third-order valence-corrected chi connectivity index (χ3v) is 2.25. The van der Waals surface area contributed by atoms with Crippen molar-refractivity contribution < 1.29 is 22.7 Å². The van der Waals surface area contributed by atoms with Crippen molar-refractivity contribution in [2.75, 3.05) is 31.6 Å². The van der Waals surface area contributed by atoms with Gasteiger partial charge >= 0.3 is 6.18 Å². The number of ether oxygens (including phenoxy) is 1. The maximum atomic E-state index is 11.8. The highest BCUT2D eigenvalue weighted by atomic mass is 19.4. The third-order valence-electron chi connectivity index (χ3n) is 2.25. The van der Waals surface area contributed by atoms with Gasteiger partial charge in [-0.25, -0.2) is 0 Å². The number of hydrogen-bond donors (Lipinski definition) is 2. The number of hydrogen-bond acceptors (Lipinski definition) is 5. The lowest BCUT2D eigenvalue weighted by atomic mass is 10.3. The summed E-state index contributed by atoms with van der Waals surface area (Å²) in [7, 11) is 0. The topological polar surface area (TPSA) is 76.1 Å². The molecule has 0 saturated carbocycles. The van der Waals surface area contributed by atoms with Crippen molar-refractivity contribution in [1.29, 1.82) is 0 Å². The molecular weight excluding hydrogens is 289 g/mol. The minimum absolute atomic E-state index is 0.0353. The van der Waals surface area contributed by atoms with Gasteiger partial charge in [0.15, 0.2) is 5.69 Å². The molecule has 21 heavy (non-hydrogen) atoms. The largest absolute Gasteiger partial charge is 0.411 e. The lowest BCUT2D eigenvalue weighted by molar-refractivity contribution is -0.173. The van der Waals surface area contributed by atoms with Crippen LogP contribution in [0.4, 0.5) is 19.0 Å². The molecule has 0 radical (unpaired) electrons. The standard InChI is InChI=1S/C12H17F3N4O2/c1-2-5-16-10-4-3-9(18-19-10)11(20)17-6-7-21-8-12(13,14)15/h3-4H,2,5-8H2,1H3,(H,16,19)(H,17,20). The van der Waals surface area contributed by atoms with E-state index in [-0.39, 0.29) is 18.8 Å². The van der Waals surface area contributed by atoms with Gasteiger partial charge in [0.2, 0.25) is 0 Å². The SMILES string of the molecule is CCCNc1ccc(C(=O)NCCOCC(F)(F)F)nn1. The Bertz CT molecular complexity index is 437. The molecular formula is C12H17F3N4O2. The average Bonchev–Trinajstić information content (AvgIpc) is 2.44. The highest BCUT2D eigenvalue weighted by molar-refractivity contribution is 5.92. The Morgan fingerprint density at radius 2 is 2.05 bits per heavy atom. The molecule has 2 N–H and O–H groups in total. The van der Waals surface area contributed by atoms with Crippen LogP contribution in [-0.2, 0) is 4.74 Å². The lowest BCUT2D eigenvalue weighted by Gasteiger charge is -2.08. The van der Waals surface area contributed by atoms with Gasteiger partial charge in [0.25, 0.3) is 5.91 Å². The van der Waals surface area contributed by atoms with E-state index >= 15 is 0 Å². The van der Waals surface area contributed by atoms with Crippen molar-refractivity contribution in [2.45, 2.75) is 19.5 Å². The molecule has 1 heterocycles. The van der Waals surface area contributed by atoms with Crippen LogP contribution in [0.5, 0.6) is 0 Å². The fraction of sp³-hybridized carbons (Fsp3) is 0.583. The van der Waals surface area contributed by atoms with Crippen LogP contribution in [0, 0.1) is 0 Å². The molecule has 0 atom stereocenters. The van der Waals surface area contributed by atoms with Crippen LogP contribution >= 0.6 is 0 Å². The predicted octanol–water partition coefficient (Wildman–Crippen LogP) is 1.61. The van der Waals surface area contributed by atoms with Crippen molar-refractivity contribution in [3.8, 4) is 0 Å². The van der Waals surface area contributed by atoms with E-state index in [4.69, 9.17) is 0 Å². The summed E-state index contributed by atoms with van der Waals surface area (Å²) in [5, 5.41) is 12.9. The van der Waals surface area contributed by atoms with Gasteiger partial charge in [-0.3, -0.25) is 4.79 Å². The van der Waals surface area contributed by atoms with Gasteiger partial charge in [-0.05, 0) is 18.6 Å². The van der Waals surface area contributed by atoms with E-state index in [9.17, 15) is 18.0 Å². The first-order chi connectivity index (χ1) is 9.92. The number of halogens is 3. The molecule has 9 heteroatoms. The first-order valence-electron chi connectivity index (χ1n) is 6.42. The van der Waals surface area contributed by atoms with Crippen LogP contribution in [0.2, 0.25) is 0 Å². The Hall–Kier alpha value is -1.90. The molecule has 1 aromatic heterocycles. The molecule has 0 aliphatic carbocycles. The summed E-state index contributed by atoms with van der Waals surface area (Å²) in [4.78, 5) is 11.6. The minimum atomic E-state index is -4.36. The van der Waals surface area contributed by atoms with Crippen LogP contribution in [0.3, 0.4) is 0 Å². The number of carbonyl (C=O) groups excluding carboxylic acids is 1. The maximum absolute atomic E-state index is 11.8. The molecule has 0 unspecified atom stereocenters. The number of amides is 1. The Kier molecular flexibility index (Phi) is 6.86. The zero-order valence-electron chi connectivity index (χ0n) is 11.5. The number of nitrogens with zero attached hydrogens (tertiary/aromatic N) is 2. The summed E-state index contributed by atoms with van der Waals surface area (Å²) in [6, 6.07) is 3.09. The Morgan fingerprint density at radius 3 is 2.62 bits per heavy atom. The number of carbonyl (C=O) groups is 1. The van der Waals surface area contributed by atoms with Gasteiger partial charge in [-0.15, -0.1) is 10.2 Å². The molecule has 0 fully saturated rings. The second kappa shape index (κ2) is 8.40. The quantitative estimate of drug-likeness (QED) is 0.714. The first-order valence-corrected chi connectivity index (χ1v) is 6.42. The Labute approximate surface area is 120 Å². The van der Waals surface area contributed by atoms with Crippen molar-refractivity contribution in [3.63, 3.8) is 0 Å². The molecule has 0 spiro atoms. The molecule has 0 aromatic carbocycles. The number of anilines is 1. The van der Waals surface area contributed by atoms with Gasteiger partial charge in [0.05, 0.1) is 6.61 Å². The van der Waals surface area contributed by atoms with Crippen LogP contribution < -0.4 is 10.6 Å². The molecule has 6 nitrogen and oxygen atoms in total. The zero-order chi connectivity index (χ0) is 15.7. The summed E-state index contributed by atoms with van der Waals surface area (Å²) in [5.74, 6) is 0.0436. The summed E-state index contributed by atoms with van der Waals surface area (Å²) in [6.45, 7) is 1.15. The fourth-order valence-electron chi connectivity index (χ4n) is 1.32. The summed E-state index contributed by atoms with van der Waals surface area (Å²) in [5.41, 5.74) is 0.0906. The van der Waals surface area contributed by atoms with Crippen LogP contribution in [0.25, 0.3) is 0 Å². The second-order valence-corrected chi connectivity index (χ2v) is 4.15. The summed E-state index contributed by atoms with van der Waals surface area (Å²) in [6.07, 6.45) is -3.43. The van der Waals surface area contributed by atoms with Gasteiger partial charge in [-0.1, -0.05) is 6.92 Å². The number of aromatic nitrogens is 2. The van der Waals surface area contributed by atoms with Gasteiger partial charge in [0, 0.05) is 13.1 Å². The summed E-state index contributed by atoms with van der Waals surface area (Å²) >= 11 is 0. The maximum Gasteiger partial charge on any atom is 0.411 e. The Balaban J connectivity index is 2.28. The van der Waals surface area contributed by atoms with Crippen LogP contribution in [0.1, 0.15) is 23.8 Å². The molecule has 0 bridgehead atoms. The molecule has 0 aliphatic heterocycles. The number of alkyl halides is 3. The van der Waals surface area contributed by atoms with E-state index in [0.29, 0.717) is 5.82 Å². The molecule has 1 rings (SSSR count). The zero-order valence-corrected chi connectivity index (χ0v) is 11.5. The average molecular weight is 306 g/mol. The molecule has 1 aromatic rings. The fourth-order valence-corrected chi connectivity index (χ4v) is 1.32. The van der Waals surface area contributed by atoms with Crippen LogP contribution in [0.15, 0.2) is 12.1 Å². The van der Waals surface area contributed by atoms with Crippen molar-refractivity contribution in [3.05, 3.63) is 17.8 Å². The molecule has 118 valence electrons. The van der Waals surface area contributed by atoms with E-state index in [1.807, 2.05) is 6.92 Å². The van der Waals surface area contributed by atoms with Crippen LogP contribution in [-0.4, -0.2) is 48.6 Å². The highest BCUT2D eigenvalue weighted by Gasteiger charge is 2.27. The van der Waals surface area contributed by atoms with E-state index in [1.165, 1.54) is 6.07 Å². The van der Waals surface area contributed by atoms with Gasteiger partial charge < -0.3 is 15.4 Å². The van der Waals surface area contributed by atoms with E-state index in [1.54, 1.807) is 6.07 Å². The lowest BCUT2D eigenvalue weighted by Crippen LogP contribution is -2.29. The second-order valence-electron chi connectivity index (χ2n) is 4.15. The summed E-state index contributed by atoms with van der Waals surface area (Å²) < 4.78 is 39.8. The molecule has 1 amide bonds. The van der Waals surface area contributed by atoms with E-state index in [0.717, 1.165) is 13.0 Å². The van der Waals surface area contributed by atoms with Crippen molar-refractivity contribution >= 4 is 11.7 Å². The monoisotopic (exact) mass is 306 g/mol. The predicted molar refractivity (Wildman–Crippen MR) is 70.0 cm³/mol. The number of nitrogens with one attached hydrogen (secondary N) is 2. The third kappa shape index (κ3) is 7.45.